The molecule has 2 N–H and O–H groups in total. The predicted octanol–water partition coefficient (Wildman–Crippen LogP) is 4.15. The zero-order valence-electron chi connectivity index (χ0n) is 16.7. The predicted molar refractivity (Wildman–Crippen MR) is 112 cm³/mol. The van der Waals surface area contributed by atoms with E-state index in [-0.39, 0.29) is 17.8 Å². The van der Waals surface area contributed by atoms with Gasteiger partial charge in [-0.05, 0) is 49.2 Å². The standard InChI is InChI=1S/C23H31N3O2/c1-25(18-19-10-9-13-21(27)16-19)23(28)24-17-22(20-11-5-4-6-12-20)26-14-7-2-3-8-15-26/h4-6,9-13,16,22,27H,2-3,7-8,14-15,17-18H2,1H3,(H,24,28). The summed E-state index contributed by atoms with van der Waals surface area (Å²) >= 11 is 0. The summed E-state index contributed by atoms with van der Waals surface area (Å²) < 4.78 is 0. The summed E-state index contributed by atoms with van der Waals surface area (Å²) in [6.45, 7) is 3.20. The van der Waals surface area contributed by atoms with Crippen molar-refractivity contribution < 1.29 is 9.90 Å². The zero-order valence-corrected chi connectivity index (χ0v) is 16.7. The van der Waals surface area contributed by atoms with Crippen molar-refractivity contribution >= 4 is 6.03 Å². The van der Waals surface area contributed by atoms with Crippen LogP contribution >= 0.6 is 0 Å². The quantitative estimate of drug-likeness (QED) is 0.790. The molecule has 1 atom stereocenters. The van der Waals surface area contributed by atoms with E-state index in [9.17, 15) is 9.90 Å². The molecule has 2 aromatic carbocycles. The number of nitrogens with zero attached hydrogens (tertiary/aromatic N) is 2. The van der Waals surface area contributed by atoms with Crippen LogP contribution in [-0.2, 0) is 6.54 Å². The van der Waals surface area contributed by atoms with Gasteiger partial charge in [-0.25, -0.2) is 4.79 Å². The Hall–Kier alpha value is -2.53. The van der Waals surface area contributed by atoms with Gasteiger partial charge < -0.3 is 15.3 Å². The highest BCUT2D eigenvalue weighted by Crippen LogP contribution is 2.24. The number of carbonyl (C=O) groups excluding carboxylic acids is 1. The van der Waals surface area contributed by atoms with E-state index in [0.717, 1.165) is 18.7 Å². The van der Waals surface area contributed by atoms with E-state index >= 15 is 0 Å². The van der Waals surface area contributed by atoms with Gasteiger partial charge >= 0.3 is 6.03 Å². The first-order chi connectivity index (χ1) is 13.6. The Kier molecular flexibility index (Phi) is 7.31. The molecule has 1 aliphatic rings. The van der Waals surface area contributed by atoms with Gasteiger partial charge in [0.25, 0.3) is 0 Å². The lowest BCUT2D eigenvalue weighted by molar-refractivity contribution is 0.183. The Bertz CT molecular complexity index is 743. The molecule has 5 nitrogen and oxygen atoms in total. The molecule has 3 rings (SSSR count). The van der Waals surface area contributed by atoms with E-state index in [4.69, 9.17) is 0 Å². The van der Waals surface area contributed by atoms with Crippen molar-refractivity contribution in [1.82, 2.24) is 15.1 Å². The summed E-state index contributed by atoms with van der Waals surface area (Å²) in [4.78, 5) is 16.8. The van der Waals surface area contributed by atoms with Crippen LogP contribution in [0.25, 0.3) is 0 Å². The Morgan fingerprint density at radius 2 is 1.79 bits per heavy atom. The van der Waals surface area contributed by atoms with Gasteiger partial charge in [0.1, 0.15) is 5.75 Å². The maximum absolute atomic E-state index is 12.7. The number of phenols is 1. The van der Waals surface area contributed by atoms with E-state index in [2.05, 4.69) is 34.5 Å². The number of carbonyl (C=O) groups is 1. The fourth-order valence-corrected chi connectivity index (χ4v) is 3.86. The SMILES string of the molecule is CN(Cc1cccc(O)c1)C(=O)NCC(c1ccccc1)N1CCCCCC1. The molecule has 2 amide bonds. The van der Waals surface area contributed by atoms with Crippen molar-refractivity contribution in [2.24, 2.45) is 0 Å². The summed E-state index contributed by atoms with van der Waals surface area (Å²) in [5, 5.41) is 12.7. The molecule has 0 aliphatic carbocycles. The molecule has 0 saturated carbocycles. The minimum Gasteiger partial charge on any atom is -0.508 e. The fraction of sp³-hybridized carbons (Fsp3) is 0.435. The molecule has 5 heteroatoms. The highest BCUT2D eigenvalue weighted by Gasteiger charge is 2.22. The summed E-state index contributed by atoms with van der Waals surface area (Å²) in [5.41, 5.74) is 2.16. The first-order valence-electron chi connectivity index (χ1n) is 10.2. The van der Waals surface area contributed by atoms with Crippen LogP contribution in [0.2, 0.25) is 0 Å². The van der Waals surface area contributed by atoms with E-state index in [1.807, 2.05) is 12.1 Å². The minimum absolute atomic E-state index is 0.0981. The lowest BCUT2D eigenvalue weighted by Gasteiger charge is -2.32. The van der Waals surface area contributed by atoms with Gasteiger partial charge in [-0.1, -0.05) is 55.3 Å². The Labute approximate surface area is 168 Å². The smallest absolute Gasteiger partial charge is 0.317 e. The molecule has 1 heterocycles. The number of likely N-dealkylation sites (tertiary alicyclic amines) is 1. The molecule has 1 saturated heterocycles. The van der Waals surface area contributed by atoms with Crippen molar-refractivity contribution in [2.45, 2.75) is 38.3 Å². The van der Waals surface area contributed by atoms with E-state index < -0.39 is 0 Å². The van der Waals surface area contributed by atoms with Crippen LogP contribution in [0.4, 0.5) is 4.79 Å². The highest BCUT2D eigenvalue weighted by atomic mass is 16.3. The largest absolute Gasteiger partial charge is 0.508 e. The normalized spacial score (nSPS) is 16.2. The van der Waals surface area contributed by atoms with Crippen molar-refractivity contribution in [3.63, 3.8) is 0 Å². The van der Waals surface area contributed by atoms with Crippen LogP contribution in [0.1, 0.15) is 42.9 Å². The van der Waals surface area contributed by atoms with Gasteiger partial charge in [0.15, 0.2) is 0 Å². The second-order valence-corrected chi connectivity index (χ2v) is 7.59. The second-order valence-electron chi connectivity index (χ2n) is 7.59. The minimum atomic E-state index is -0.0981. The average Bonchev–Trinajstić information content (AvgIpc) is 2.98. The number of hydrogen-bond acceptors (Lipinski definition) is 3. The lowest BCUT2D eigenvalue weighted by Crippen LogP contribution is -2.43. The van der Waals surface area contributed by atoms with Crippen LogP contribution in [0, 0.1) is 0 Å². The number of benzene rings is 2. The summed E-state index contributed by atoms with van der Waals surface area (Å²) in [6, 6.07) is 17.6. The summed E-state index contributed by atoms with van der Waals surface area (Å²) in [7, 11) is 1.78. The lowest BCUT2D eigenvalue weighted by atomic mass is 10.0. The summed E-state index contributed by atoms with van der Waals surface area (Å²) in [6.07, 6.45) is 5.01. The van der Waals surface area contributed by atoms with Gasteiger partial charge in [-0.15, -0.1) is 0 Å². The zero-order chi connectivity index (χ0) is 19.8. The number of rotatable bonds is 6. The van der Waals surface area contributed by atoms with Crippen LogP contribution in [-0.4, -0.2) is 47.6 Å². The number of phenolic OH excluding ortho intramolecular Hbond substituents is 1. The number of urea groups is 1. The maximum atomic E-state index is 12.7. The molecule has 1 unspecified atom stereocenters. The molecular formula is C23H31N3O2. The molecule has 1 fully saturated rings. The molecule has 1 aliphatic heterocycles. The molecule has 0 spiro atoms. The molecule has 0 radical (unpaired) electrons. The monoisotopic (exact) mass is 381 g/mol. The van der Waals surface area contributed by atoms with Gasteiger partial charge in [0, 0.05) is 20.1 Å². The Morgan fingerprint density at radius 3 is 2.46 bits per heavy atom. The second kappa shape index (κ2) is 10.1. The van der Waals surface area contributed by atoms with Crippen molar-refractivity contribution in [3.05, 3.63) is 65.7 Å². The fourth-order valence-electron chi connectivity index (χ4n) is 3.86. The van der Waals surface area contributed by atoms with Crippen molar-refractivity contribution in [3.8, 4) is 5.75 Å². The Morgan fingerprint density at radius 1 is 1.07 bits per heavy atom. The molecule has 0 aromatic heterocycles. The number of aromatic hydroxyl groups is 1. The Balaban J connectivity index is 1.62. The average molecular weight is 382 g/mol. The molecule has 2 aromatic rings. The van der Waals surface area contributed by atoms with Crippen molar-refractivity contribution in [1.29, 1.82) is 0 Å². The number of amides is 2. The molecule has 28 heavy (non-hydrogen) atoms. The van der Waals surface area contributed by atoms with Gasteiger partial charge in [-0.2, -0.15) is 0 Å². The molecule has 150 valence electrons. The van der Waals surface area contributed by atoms with E-state index in [0.29, 0.717) is 13.1 Å². The number of nitrogens with one attached hydrogen (secondary N) is 1. The topological polar surface area (TPSA) is 55.8 Å². The molecular weight excluding hydrogens is 350 g/mol. The third kappa shape index (κ3) is 5.73. The van der Waals surface area contributed by atoms with E-state index in [1.165, 1.54) is 31.2 Å². The van der Waals surface area contributed by atoms with Gasteiger partial charge in [0.2, 0.25) is 0 Å². The van der Waals surface area contributed by atoms with Crippen LogP contribution in [0.3, 0.4) is 0 Å². The molecule has 0 bridgehead atoms. The van der Waals surface area contributed by atoms with Crippen LogP contribution in [0.15, 0.2) is 54.6 Å². The first kappa shape index (κ1) is 20.2. The maximum Gasteiger partial charge on any atom is 0.317 e. The summed E-state index contributed by atoms with van der Waals surface area (Å²) in [5.74, 6) is 0.219. The van der Waals surface area contributed by atoms with E-state index in [1.54, 1.807) is 30.1 Å². The van der Waals surface area contributed by atoms with Gasteiger partial charge in [-0.3, -0.25) is 4.90 Å². The third-order valence-corrected chi connectivity index (χ3v) is 5.39. The third-order valence-electron chi connectivity index (χ3n) is 5.39. The number of hydrogen-bond donors (Lipinski definition) is 2. The highest BCUT2D eigenvalue weighted by molar-refractivity contribution is 5.73. The first-order valence-corrected chi connectivity index (χ1v) is 10.2. The van der Waals surface area contributed by atoms with Crippen molar-refractivity contribution in [2.75, 3.05) is 26.7 Å². The van der Waals surface area contributed by atoms with Crippen LogP contribution in [0.5, 0.6) is 5.75 Å². The van der Waals surface area contributed by atoms with Crippen LogP contribution < -0.4 is 5.32 Å². The van der Waals surface area contributed by atoms with Gasteiger partial charge in [0.05, 0.1) is 6.04 Å².